The molecule has 2 N–H and O–H groups in total. The van der Waals surface area contributed by atoms with Crippen LogP contribution in [0.15, 0.2) is 18.2 Å². The lowest BCUT2D eigenvalue weighted by molar-refractivity contribution is 0.398. The van der Waals surface area contributed by atoms with Crippen LogP contribution in [0.1, 0.15) is 6.92 Å². The zero-order chi connectivity index (χ0) is 11.4. The molecule has 0 saturated heterocycles. The van der Waals surface area contributed by atoms with Crippen molar-refractivity contribution < 1.29 is 4.74 Å². The second-order valence-corrected chi connectivity index (χ2v) is 3.44. The van der Waals surface area contributed by atoms with Gasteiger partial charge >= 0.3 is 0 Å². The van der Waals surface area contributed by atoms with E-state index < -0.39 is 0 Å². The Hall–Kier alpha value is -1.78. The molecule has 5 nitrogen and oxygen atoms in total. The number of likely N-dealkylation sites (N-methyl/N-ethyl adjacent to an activating group) is 1. The lowest BCUT2D eigenvalue weighted by Gasteiger charge is -2.18. The molecule has 1 rings (SSSR count). The summed E-state index contributed by atoms with van der Waals surface area (Å²) in [6.07, 6.45) is 0. The molecule has 82 valence electrons. The van der Waals surface area contributed by atoms with E-state index >= 15 is 0 Å². The van der Waals surface area contributed by atoms with Gasteiger partial charge in [-0.15, -0.1) is 0 Å². The number of hydrogen-bond acceptors (Lipinski definition) is 5. The SMILES string of the molecule is C=C(C)CN(C)c1cc(OC)nc(N)n1. The monoisotopic (exact) mass is 208 g/mol. The Kier molecular flexibility index (Phi) is 3.49. The maximum Gasteiger partial charge on any atom is 0.225 e. The van der Waals surface area contributed by atoms with E-state index in [1.807, 2.05) is 18.9 Å². The van der Waals surface area contributed by atoms with E-state index in [9.17, 15) is 0 Å². The molecule has 0 aliphatic carbocycles. The van der Waals surface area contributed by atoms with Crippen LogP contribution in [0.4, 0.5) is 11.8 Å². The summed E-state index contributed by atoms with van der Waals surface area (Å²) in [7, 11) is 3.46. The molecule has 0 radical (unpaired) electrons. The summed E-state index contributed by atoms with van der Waals surface area (Å²) in [4.78, 5) is 9.95. The highest BCUT2D eigenvalue weighted by atomic mass is 16.5. The summed E-state index contributed by atoms with van der Waals surface area (Å²) in [5, 5.41) is 0. The molecular formula is C10H16N4O. The molecule has 0 unspecified atom stereocenters. The second kappa shape index (κ2) is 4.63. The van der Waals surface area contributed by atoms with Crippen LogP contribution < -0.4 is 15.4 Å². The summed E-state index contributed by atoms with van der Waals surface area (Å²) < 4.78 is 5.01. The molecule has 0 spiro atoms. The van der Waals surface area contributed by atoms with Crippen molar-refractivity contribution in [3.63, 3.8) is 0 Å². The van der Waals surface area contributed by atoms with Gasteiger partial charge in [-0.2, -0.15) is 9.97 Å². The van der Waals surface area contributed by atoms with Gasteiger partial charge in [-0.25, -0.2) is 0 Å². The lowest BCUT2D eigenvalue weighted by atomic mass is 10.3. The topological polar surface area (TPSA) is 64.3 Å². The number of aromatic nitrogens is 2. The number of nitrogens with zero attached hydrogens (tertiary/aromatic N) is 3. The number of ether oxygens (including phenoxy) is 1. The molecule has 5 heteroatoms. The quantitative estimate of drug-likeness (QED) is 0.750. The minimum absolute atomic E-state index is 0.206. The van der Waals surface area contributed by atoms with Gasteiger partial charge in [0.15, 0.2) is 0 Å². The van der Waals surface area contributed by atoms with Gasteiger partial charge in [0, 0.05) is 19.7 Å². The van der Waals surface area contributed by atoms with Crippen LogP contribution in [0, 0.1) is 0 Å². The van der Waals surface area contributed by atoms with Gasteiger partial charge in [0.1, 0.15) is 5.82 Å². The first kappa shape index (κ1) is 11.3. The average Bonchev–Trinajstić information content (AvgIpc) is 2.15. The minimum Gasteiger partial charge on any atom is -0.481 e. The largest absolute Gasteiger partial charge is 0.481 e. The minimum atomic E-state index is 0.206. The summed E-state index contributed by atoms with van der Waals surface area (Å²) in [6, 6.07) is 1.74. The third kappa shape index (κ3) is 3.12. The van der Waals surface area contributed by atoms with Gasteiger partial charge in [0.05, 0.1) is 7.11 Å². The van der Waals surface area contributed by atoms with Crippen LogP contribution >= 0.6 is 0 Å². The predicted octanol–water partition coefficient (Wildman–Crippen LogP) is 1.08. The maximum absolute atomic E-state index is 5.55. The number of hydrogen-bond donors (Lipinski definition) is 1. The molecular weight excluding hydrogens is 192 g/mol. The Morgan fingerprint density at radius 2 is 2.27 bits per heavy atom. The molecule has 0 amide bonds. The highest BCUT2D eigenvalue weighted by Gasteiger charge is 2.06. The molecule has 0 aromatic carbocycles. The number of methoxy groups -OCH3 is 1. The first-order valence-corrected chi connectivity index (χ1v) is 4.57. The van der Waals surface area contributed by atoms with Crippen molar-refractivity contribution in [3.8, 4) is 5.88 Å². The number of anilines is 2. The maximum atomic E-state index is 5.55. The molecule has 1 heterocycles. The van der Waals surface area contributed by atoms with Gasteiger partial charge in [-0.05, 0) is 6.92 Å². The molecule has 0 aliphatic rings. The standard InChI is InChI=1S/C10H16N4O/c1-7(2)6-14(3)8-5-9(15-4)13-10(11)12-8/h5H,1,6H2,2-4H3,(H2,11,12,13). The fourth-order valence-corrected chi connectivity index (χ4v) is 1.22. The van der Waals surface area contributed by atoms with Gasteiger partial charge in [0.2, 0.25) is 11.8 Å². The van der Waals surface area contributed by atoms with Crippen LogP contribution in [0.3, 0.4) is 0 Å². The van der Waals surface area contributed by atoms with Gasteiger partial charge in [-0.1, -0.05) is 12.2 Å². The molecule has 1 aromatic heterocycles. The van der Waals surface area contributed by atoms with E-state index in [2.05, 4.69) is 16.5 Å². The van der Waals surface area contributed by atoms with Crippen molar-refractivity contribution in [1.29, 1.82) is 0 Å². The Morgan fingerprint density at radius 3 is 2.80 bits per heavy atom. The molecule has 1 aromatic rings. The normalized spacial score (nSPS) is 9.80. The van der Waals surface area contributed by atoms with Crippen molar-refractivity contribution in [2.45, 2.75) is 6.92 Å². The Balaban J connectivity index is 2.92. The van der Waals surface area contributed by atoms with Crippen molar-refractivity contribution in [1.82, 2.24) is 9.97 Å². The number of nitrogens with two attached hydrogens (primary N) is 1. The van der Waals surface area contributed by atoms with Gasteiger partial charge in [-0.3, -0.25) is 0 Å². The van der Waals surface area contributed by atoms with E-state index in [0.29, 0.717) is 5.88 Å². The molecule has 0 bridgehead atoms. The Labute approximate surface area is 89.6 Å². The van der Waals surface area contributed by atoms with Gasteiger partial charge in [0.25, 0.3) is 0 Å². The molecule has 0 atom stereocenters. The summed E-state index contributed by atoms with van der Waals surface area (Å²) in [6.45, 7) is 6.52. The molecule has 0 saturated carbocycles. The van der Waals surface area contributed by atoms with Crippen LogP contribution in [-0.2, 0) is 0 Å². The lowest BCUT2D eigenvalue weighted by Crippen LogP contribution is -2.21. The Morgan fingerprint density at radius 1 is 1.60 bits per heavy atom. The average molecular weight is 208 g/mol. The highest BCUT2D eigenvalue weighted by molar-refractivity contribution is 5.45. The summed E-state index contributed by atoms with van der Waals surface area (Å²) >= 11 is 0. The third-order valence-corrected chi connectivity index (χ3v) is 1.81. The van der Waals surface area contributed by atoms with E-state index in [4.69, 9.17) is 10.5 Å². The zero-order valence-electron chi connectivity index (χ0n) is 9.32. The first-order chi connectivity index (χ1) is 7.02. The fourth-order valence-electron chi connectivity index (χ4n) is 1.22. The first-order valence-electron chi connectivity index (χ1n) is 4.57. The zero-order valence-corrected chi connectivity index (χ0v) is 9.32. The van der Waals surface area contributed by atoms with Crippen LogP contribution in [-0.4, -0.2) is 30.7 Å². The molecule has 0 aliphatic heterocycles. The highest BCUT2D eigenvalue weighted by Crippen LogP contribution is 2.17. The molecule has 15 heavy (non-hydrogen) atoms. The van der Waals surface area contributed by atoms with E-state index in [0.717, 1.165) is 17.9 Å². The second-order valence-electron chi connectivity index (χ2n) is 3.44. The van der Waals surface area contributed by atoms with E-state index in [1.165, 1.54) is 0 Å². The Bertz CT molecular complexity index is 364. The van der Waals surface area contributed by atoms with Gasteiger partial charge < -0.3 is 15.4 Å². The van der Waals surface area contributed by atoms with E-state index in [1.54, 1.807) is 13.2 Å². The number of nitrogen functional groups attached to an aromatic ring is 1. The van der Waals surface area contributed by atoms with Crippen LogP contribution in [0.2, 0.25) is 0 Å². The van der Waals surface area contributed by atoms with Crippen molar-refractivity contribution >= 4 is 11.8 Å². The number of rotatable bonds is 4. The van der Waals surface area contributed by atoms with E-state index in [-0.39, 0.29) is 5.95 Å². The summed E-state index contributed by atoms with van der Waals surface area (Å²) in [5.74, 6) is 1.39. The van der Waals surface area contributed by atoms with Crippen molar-refractivity contribution in [2.75, 3.05) is 31.3 Å². The van der Waals surface area contributed by atoms with Crippen molar-refractivity contribution in [2.24, 2.45) is 0 Å². The van der Waals surface area contributed by atoms with Crippen LogP contribution in [0.25, 0.3) is 0 Å². The summed E-state index contributed by atoms with van der Waals surface area (Å²) in [5.41, 5.74) is 6.60. The smallest absolute Gasteiger partial charge is 0.225 e. The van der Waals surface area contributed by atoms with Crippen molar-refractivity contribution in [3.05, 3.63) is 18.2 Å². The third-order valence-electron chi connectivity index (χ3n) is 1.81. The fraction of sp³-hybridized carbons (Fsp3) is 0.400. The molecule has 0 fully saturated rings. The predicted molar refractivity (Wildman–Crippen MR) is 61.1 cm³/mol. The van der Waals surface area contributed by atoms with Crippen LogP contribution in [0.5, 0.6) is 5.88 Å².